The summed E-state index contributed by atoms with van der Waals surface area (Å²) in [5, 5.41) is 2.96. The van der Waals surface area contributed by atoms with E-state index in [1.807, 2.05) is 0 Å². The van der Waals surface area contributed by atoms with Crippen LogP contribution in [0.25, 0.3) is 0 Å². The Bertz CT molecular complexity index is 1010. The lowest BCUT2D eigenvalue weighted by molar-refractivity contribution is -0.121. The third kappa shape index (κ3) is 6.16. The molecule has 0 saturated carbocycles. The molecule has 0 aliphatic carbocycles. The Labute approximate surface area is 191 Å². The second-order valence-corrected chi connectivity index (χ2v) is 10.1. The third-order valence-electron chi connectivity index (χ3n) is 5.77. The number of methoxy groups -OCH3 is 1. The van der Waals surface area contributed by atoms with Crippen molar-refractivity contribution in [2.24, 2.45) is 0 Å². The Hall–Kier alpha value is -2.74. The van der Waals surface area contributed by atoms with Gasteiger partial charge in [0.2, 0.25) is 15.9 Å². The summed E-state index contributed by atoms with van der Waals surface area (Å²) in [4.78, 5) is 14.6. The number of hydrogen-bond acceptors (Lipinski definition) is 5. The summed E-state index contributed by atoms with van der Waals surface area (Å²) in [6.45, 7) is 3.99. The number of fused-ring (bicyclic) bond motifs is 1. The Kier molecular flexibility index (Phi) is 8.01. The number of para-hydroxylation sites is 1. The molecule has 0 radical (unpaired) electrons. The predicted molar refractivity (Wildman–Crippen MR) is 129 cm³/mol. The monoisotopic (exact) mass is 459 g/mol. The highest BCUT2D eigenvalue weighted by Crippen LogP contribution is 2.31. The normalized spacial score (nSPS) is 15.3. The van der Waals surface area contributed by atoms with E-state index < -0.39 is 10.0 Å². The zero-order valence-electron chi connectivity index (χ0n) is 19.1. The lowest BCUT2D eigenvalue weighted by Crippen LogP contribution is -2.34. The van der Waals surface area contributed by atoms with E-state index in [9.17, 15) is 13.2 Å². The Morgan fingerprint density at radius 3 is 2.56 bits per heavy atom. The van der Waals surface area contributed by atoms with Gasteiger partial charge in [0, 0.05) is 37.8 Å². The first kappa shape index (κ1) is 23.9. The molecule has 7 nitrogen and oxygen atoms in total. The molecule has 0 unspecified atom stereocenters. The van der Waals surface area contributed by atoms with Gasteiger partial charge in [-0.3, -0.25) is 9.10 Å². The fourth-order valence-electron chi connectivity index (χ4n) is 4.15. The molecule has 0 spiro atoms. The van der Waals surface area contributed by atoms with E-state index in [2.05, 4.69) is 41.4 Å². The van der Waals surface area contributed by atoms with Crippen LogP contribution in [0.2, 0.25) is 0 Å². The van der Waals surface area contributed by atoms with Crippen LogP contribution in [0.3, 0.4) is 0 Å². The van der Waals surface area contributed by atoms with Gasteiger partial charge in [0.15, 0.2) is 0 Å². The van der Waals surface area contributed by atoms with E-state index >= 15 is 0 Å². The molecule has 1 atom stereocenters. The number of rotatable bonds is 11. The van der Waals surface area contributed by atoms with E-state index in [0.29, 0.717) is 30.4 Å². The summed E-state index contributed by atoms with van der Waals surface area (Å²) >= 11 is 0. The van der Waals surface area contributed by atoms with Crippen LogP contribution in [0.5, 0.6) is 5.75 Å². The molecule has 0 fully saturated rings. The summed E-state index contributed by atoms with van der Waals surface area (Å²) < 4.78 is 30.9. The molecule has 32 heavy (non-hydrogen) atoms. The van der Waals surface area contributed by atoms with Crippen molar-refractivity contribution in [1.82, 2.24) is 5.32 Å². The van der Waals surface area contributed by atoms with Gasteiger partial charge in [0.1, 0.15) is 5.75 Å². The molecule has 0 bridgehead atoms. The number of nitrogens with one attached hydrogen (secondary N) is 1. The lowest BCUT2D eigenvalue weighted by atomic mass is 10.1. The van der Waals surface area contributed by atoms with Gasteiger partial charge >= 0.3 is 0 Å². The summed E-state index contributed by atoms with van der Waals surface area (Å²) in [7, 11) is -1.88. The average molecular weight is 460 g/mol. The minimum atomic E-state index is -3.44. The number of carbonyl (C=O) groups is 1. The summed E-state index contributed by atoms with van der Waals surface area (Å²) in [5.74, 6) is 0.608. The predicted octanol–water partition coefficient (Wildman–Crippen LogP) is 3.20. The Morgan fingerprint density at radius 1 is 1.16 bits per heavy atom. The van der Waals surface area contributed by atoms with Gasteiger partial charge < -0.3 is 15.0 Å². The Balaban J connectivity index is 1.41. The maximum atomic E-state index is 12.2. The van der Waals surface area contributed by atoms with Crippen molar-refractivity contribution >= 4 is 27.3 Å². The molecule has 2 aromatic carbocycles. The van der Waals surface area contributed by atoms with Crippen molar-refractivity contribution in [3.8, 4) is 5.75 Å². The van der Waals surface area contributed by atoms with Crippen LogP contribution in [-0.4, -0.2) is 53.4 Å². The third-order valence-corrected chi connectivity index (χ3v) is 6.97. The number of sulfonamides is 1. The van der Waals surface area contributed by atoms with Crippen molar-refractivity contribution in [2.45, 2.75) is 38.6 Å². The average Bonchev–Trinajstić information content (AvgIpc) is 3.08. The molecule has 3 rings (SSSR count). The van der Waals surface area contributed by atoms with E-state index in [1.54, 1.807) is 31.4 Å². The Morgan fingerprint density at radius 2 is 1.88 bits per heavy atom. The van der Waals surface area contributed by atoms with Gasteiger partial charge in [0.05, 0.1) is 19.1 Å². The highest BCUT2D eigenvalue weighted by molar-refractivity contribution is 7.92. The summed E-state index contributed by atoms with van der Waals surface area (Å²) in [6.07, 6.45) is 3.83. The number of ether oxygens (including phenoxy) is 1. The maximum Gasteiger partial charge on any atom is 0.232 e. The van der Waals surface area contributed by atoms with Crippen LogP contribution in [-0.2, 0) is 21.2 Å². The number of nitrogens with zero attached hydrogens (tertiary/aromatic N) is 2. The van der Waals surface area contributed by atoms with E-state index in [4.69, 9.17) is 4.74 Å². The second-order valence-electron chi connectivity index (χ2n) is 8.22. The van der Waals surface area contributed by atoms with Crippen molar-refractivity contribution in [3.63, 3.8) is 0 Å². The van der Waals surface area contributed by atoms with Crippen LogP contribution in [0, 0.1) is 0 Å². The van der Waals surface area contributed by atoms with Crippen molar-refractivity contribution in [3.05, 3.63) is 54.1 Å². The first-order valence-electron chi connectivity index (χ1n) is 11.0. The molecule has 8 heteroatoms. The zero-order valence-corrected chi connectivity index (χ0v) is 19.9. The van der Waals surface area contributed by atoms with Crippen molar-refractivity contribution in [1.29, 1.82) is 0 Å². The van der Waals surface area contributed by atoms with Crippen LogP contribution in [0.4, 0.5) is 11.4 Å². The largest absolute Gasteiger partial charge is 0.497 e. The molecule has 1 N–H and O–H groups in total. The first-order valence-corrected chi connectivity index (χ1v) is 12.9. The topological polar surface area (TPSA) is 79.0 Å². The number of anilines is 2. The molecule has 0 saturated heterocycles. The molecule has 1 aliphatic rings. The second kappa shape index (κ2) is 10.7. The van der Waals surface area contributed by atoms with Crippen LogP contribution in [0.1, 0.15) is 31.7 Å². The summed E-state index contributed by atoms with van der Waals surface area (Å²) in [6, 6.07) is 15.8. The fraction of sp³-hybridized carbons (Fsp3) is 0.458. The molecular formula is C24H33N3O4S. The molecule has 174 valence electrons. The van der Waals surface area contributed by atoms with Gasteiger partial charge in [-0.05, 0) is 62.1 Å². The molecular weight excluding hydrogens is 426 g/mol. The maximum absolute atomic E-state index is 12.2. The SMILES string of the molecule is COc1ccc(N(CCCC(=O)NCCCN2c3ccccc3C[C@@H]2C)S(C)(=O)=O)cc1. The first-order chi connectivity index (χ1) is 15.3. The van der Waals surface area contributed by atoms with Gasteiger partial charge in [-0.25, -0.2) is 8.42 Å². The number of amides is 1. The highest BCUT2D eigenvalue weighted by Gasteiger charge is 2.24. The van der Waals surface area contributed by atoms with E-state index in [1.165, 1.54) is 21.8 Å². The summed E-state index contributed by atoms with van der Waals surface area (Å²) in [5.41, 5.74) is 3.25. The van der Waals surface area contributed by atoms with Crippen molar-refractivity contribution in [2.75, 3.05) is 42.2 Å². The van der Waals surface area contributed by atoms with Crippen molar-refractivity contribution < 1.29 is 17.9 Å². The molecule has 2 aromatic rings. The standard InChI is InChI=1S/C24H33N3O4S/c1-19-18-20-8-4-5-9-23(20)26(19)16-7-15-25-24(28)10-6-17-27(32(3,29)30)21-11-13-22(31-2)14-12-21/h4-5,8-9,11-14,19H,6-7,10,15-18H2,1-3H3,(H,25,28)/t19-/m0/s1. The van der Waals surface area contributed by atoms with Crippen LogP contribution in [0.15, 0.2) is 48.5 Å². The smallest absolute Gasteiger partial charge is 0.232 e. The molecule has 1 heterocycles. The van der Waals surface area contributed by atoms with Gasteiger partial charge in [0.25, 0.3) is 0 Å². The minimum absolute atomic E-state index is 0.0527. The highest BCUT2D eigenvalue weighted by atomic mass is 32.2. The zero-order chi connectivity index (χ0) is 23.1. The molecule has 1 amide bonds. The molecule has 1 aliphatic heterocycles. The van der Waals surface area contributed by atoms with Gasteiger partial charge in [-0.15, -0.1) is 0 Å². The van der Waals surface area contributed by atoms with Gasteiger partial charge in [-0.1, -0.05) is 18.2 Å². The van der Waals surface area contributed by atoms with E-state index in [-0.39, 0.29) is 18.9 Å². The number of benzene rings is 2. The number of carbonyl (C=O) groups excluding carboxylic acids is 1. The van der Waals surface area contributed by atoms with E-state index in [0.717, 1.165) is 19.4 Å². The van der Waals surface area contributed by atoms with Gasteiger partial charge in [-0.2, -0.15) is 0 Å². The minimum Gasteiger partial charge on any atom is -0.497 e. The fourth-order valence-corrected chi connectivity index (χ4v) is 5.12. The molecule has 0 aromatic heterocycles. The van der Waals surface area contributed by atoms with Crippen LogP contribution < -0.4 is 19.3 Å². The van der Waals surface area contributed by atoms with Crippen LogP contribution >= 0.6 is 0 Å². The number of hydrogen-bond donors (Lipinski definition) is 1. The lowest BCUT2D eigenvalue weighted by Gasteiger charge is -2.25. The quantitative estimate of drug-likeness (QED) is 0.522.